The molecule has 1 heterocycles. The smallest absolute Gasteiger partial charge is 0.416 e. The van der Waals surface area contributed by atoms with Crippen molar-refractivity contribution >= 4 is 23.1 Å². The SMILES string of the molecule is COC(=O)CC1CC=C(c2cc(-c3ccc(F)cc3C)c(N(C)C(=O)C(C)(C)c3cc(C(F)(F)F)cc(C(F)(F)F)c3)cn2)CC1. The summed E-state index contributed by atoms with van der Waals surface area (Å²) >= 11 is 0. The van der Waals surface area contributed by atoms with Crippen LogP contribution in [0.4, 0.5) is 36.4 Å². The second-order valence-corrected chi connectivity index (χ2v) is 12.0. The zero-order valence-electron chi connectivity index (χ0n) is 25.9. The summed E-state index contributed by atoms with van der Waals surface area (Å²) in [6.45, 7) is 4.18. The van der Waals surface area contributed by atoms with E-state index in [-0.39, 0.29) is 30.1 Å². The highest BCUT2D eigenvalue weighted by Crippen LogP contribution is 2.42. The second kappa shape index (κ2) is 12.9. The first-order valence-corrected chi connectivity index (χ1v) is 14.4. The van der Waals surface area contributed by atoms with Gasteiger partial charge in [0.2, 0.25) is 5.91 Å². The Bertz CT molecular complexity index is 1640. The lowest BCUT2D eigenvalue weighted by atomic mass is 9.81. The summed E-state index contributed by atoms with van der Waals surface area (Å²) in [6, 6.07) is 6.93. The van der Waals surface area contributed by atoms with Crippen molar-refractivity contribution in [2.45, 2.75) is 64.2 Å². The Morgan fingerprint density at radius 2 is 1.54 bits per heavy atom. The summed E-state index contributed by atoms with van der Waals surface area (Å²) in [5.74, 6) is -1.47. The second-order valence-electron chi connectivity index (χ2n) is 12.0. The van der Waals surface area contributed by atoms with E-state index in [9.17, 15) is 40.3 Å². The van der Waals surface area contributed by atoms with Gasteiger partial charge in [0.05, 0.1) is 41.2 Å². The minimum atomic E-state index is -5.08. The van der Waals surface area contributed by atoms with Crippen molar-refractivity contribution in [3.63, 3.8) is 0 Å². The molecule has 246 valence electrons. The number of amides is 1. The number of benzene rings is 2. The van der Waals surface area contributed by atoms with Crippen molar-refractivity contribution in [2.75, 3.05) is 19.1 Å². The van der Waals surface area contributed by atoms with Gasteiger partial charge in [-0.25, -0.2) is 4.39 Å². The molecule has 5 nitrogen and oxygen atoms in total. The summed E-state index contributed by atoms with van der Waals surface area (Å²) in [5, 5.41) is 0. The number of nitrogens with zero attached hydrogens (tertiary/aromatic N) is 2. The number of hydrogen-bond donors (Lipinski definition) is 0. The normalized spacial score (nSPS) is 15.7. The Morgan fingerprint density at radius 3 is 2.07 bits per heavy atom. The van der Waals surface area contributed by atoms with Gasteiger partial charge in [0, 0.05) is 19.0 Å². The maximum Gasteiger partial charge on any atom is 0.416 e. The van der Waals surface area contributed by atoms with Crippen LogP contribution >= 0.6 is 0 Å². The molecule has 1 amide bonds. The van der Waals surface area contributed by atoms with Crippen LogP contribution in [0.25, 0.3) is 16.7 Å². The quantitative estimate of drug-likeness (QED) is 0.189. The molecule has 3 aromatic rings. The number of hydrogen-bond acceptors (Lipinski definition) is 4. The fraction of sp³-hybridized carbons (Fsp3) is 0.382. The van der Waals surface area contributed by atoms with Gasteiger partial charge in [0.25, 0.3) is 0 Å². The van der Waals surface area contributed by atoms with Crippen LogP contribution in [0.5, 0.6) is 0 Å². The number of esters is 1. The number of alkyl halides is 6. The highest BCUT2D eigenvalue weighted by Gasteiger charge is 2.41. The topological polar surface area (TPSA) is 59.5 Å². The zero-order valence-corrected chi connectivity index (χ0v) is 25.9. The molecule has 46 heavy (non-hydrogen) atoms. The summed E-state index contributed by atoms with van der Waals surface area (Å²) in [7, 11) is 2.69. The lowest BCUT2D eigenvalue weighted by molar-refractivity contribution is -0.144. The van der Waals surface area contributed by atoms with Crippen molar-refractivity contribution in [2.24, 2.45) is 5.92 Å². The number of carbonyl (C=O) groups is 2. The van der Waals surface area contributed by atoms with E-state index in [4.69, 9.17) is 4.74 Å². The molecule has 1 atom stereocenters. The predicted molar refractivity (Wildman–Crippen MR) is 159 cm³/mol. The summed E-state index contributed by atoms with van der Waals surface area (Å²) in [5.41, 5.74) is -2.12. The fourth-order valence-corrected chi connectivity index (χ4v) is 5.63. The predicted octanol–water partition coefficient (Wildman–Crippen LogP) is 8.92. The number of pyridine rings is 1. The molecule has 0 saturated heterocycles. The molecule has 0 aliphatic heterocycles. The molecule has 0 bridgehead atoms. The molecular formula is C34H33F7N2O3. The van der Waals surface area contributed by atoms with Crippen molar-refractivity contribution in [1.29, 1.82) is 0 Å². The molecule has 2 aromatic carbocycles. The number of carbonyl (C=O) groups excluding carboxylic acids is 2. The third-order valence-corrected chi connectivity index (χ3v) is 8.40. The number of aromatic nitrogens is 1. The van der Waals surface area contributed by atoms with Crippen LogP contribution in [-0.4, -0.2) is 31.0 Å². The molecule has 0 fully saturated rings. The molecule has 0 radical (unpaired) electrons. The summed E-state index contributed by atoms with van der Waals surface area (Å²) in [4.78, 5) is 31.4. The highest BCUT2D eigenvalue weighted by molar-refractivity contribution is 6.03. The Hall–Kier alpha value is -4.22. The van der Waals surface area contributed by atoms with Gasteiger partial charge in [-0.2, -0.15) is 26.3 Å². The van der Waals surface area contributed by atoms with E-state index in [1.165, 1.54) is 52.4 Å². The minimum absolute atomic E-state index is 0.0173. The van der Waals surface area contributed by atoms with Gasteiger partial charge in [-0.3, -0.25) is 14.6 Å². The van der Waals surface area contributed by atoms with Crippen molar-refractivity contribution in [3.05, 3.63) is 88.5 Å². The molecule has 0 spiro atoms. The van der Waals surface area contributed by atoms with Crippen LogP contribution in [-0.2, 0) is 32.1 Å². The lowest BCUT2D eigenvalue weighted by Gasteiger charge is -2.32. The minimum Gasteiger partial charge on any atom is -0.469 e. The van der Waals surface area contributed by atoms with Crippen LogP contribution in [0.3, 0.4) is 0 Å². The number of aryl methyl sites for hydroxylation is 1. The number of ether oxygens (including phenoxy) is 1. The third kappa shape index (κ3) is 7.42. The number of likely N-dealkylation sites (N-methyl/N-ethyl adjacent to an activating group) is 1. The van der Waals surface area contributed by atoms with Crippen LogP contribution in [0, 0.1) is 18.7 Å². The van der Waals surface area contributed by atoms with Crippen LogP contribution in [0.1, 0.15) is 67.5 Å². The van der Waals surface area contributed by atoms with Crippen molar-refractivity contribution in [1.82, 2.24) is 4.98 Å². The van der Waals surface area contributed by atoms with E-state index in [1.54, 1.807) is 13.0 Å². The van der Waals surface area contributed by atoms with E-state index in [0.29, 0.717) is 53.8 Å². The number of allylic oxidation sites excluding steroid dienone is 2. The first-order valence-electron chi connectivity index (χ1n) is 14.4. The van der Waals surface area contributed by atoms with Gasteiger partial charge in [-0.05, 0) is 105 Å². The van der Waals surface area contributed by atoms with E-state index in [1.807, 2.05) is 6.08 Å². The maximum absolute atomic E-state index is 14.1. The van der Waals surface area contributed by atoms with E-state index >= 15 is 0 Å². The van der Waals surface area contributed by atoms with Crippen molar-refractivity contribution < 1.29 is 45.1 Å². The first kappa shape index (κ1) is 34.6. The number of anilines is 1. The van der Waals surface area contributed by atoms with Crippen LogP contribution in [0.15, 0.2) is 54.7 Å². The fourth-order valence-electron chi connectivity index (χ4n) is 5.63. The summed E-state index contributed by atoms with van der Waals surface area (Å²) < 4.78 is 101. The monoisotopic (exact) mass is 650 g/mol. The molecule has 0 N–H and O–H groups in total. The Kier molecular flexibility index (Phi) is 9.70. The van der Waals surface area contributed by atoms with Crippen LogP contribution in [0.2, 0.25) is 0 Å². The average Bonchev–Trinajstić information content (AvgIpc) is 2.99. The first-order chi connectivity index (χ1) is 21.3. The standard InChI is InChI=1S/C34H33F7N2O3/c1-19-12-25(35)10-11-26(19)27-17-28(21-8-6-20(7-9-21)13-30(44)46-5)42-18-29(27)43(4)31(45)32(2,3)22-14-23(33(36,37)38)16-24(15-22)34(39,40)41/h8,10-12,14-18,20H,6-7,9,13H2,1-5H3. The Balaban J connectivity index is 1.78. The number of rotatable bonds is 7. The van der Waals surface area contributed by atoms with E-state index in [2.05, 4.69) is 4.98 Å². The lowest BCUT2D eigenvalue weighted by Crippen LogP contribution is -2.42. The third-order valence-electron chi connectivity index (χ3n) is 8.40. The molecule has 4 rings (SSSR count). The van der Waals surface area contributed by atoms with E-state index < -0.39 is 46.2 Å². The largest absolute Gasteiger partial charge is 0.469 e. The molecule has 0 saturated carbocycles. The molecule has 1 unspecified atom stereocenters. The molecule has 1 aliphatic rings. The number of halogens is 7. The molecular weight excluding hydrogens is 617 g/mol. The maximum atomic E-state index is 14.1. The number of methoxy groups -OCH3 is 1. The van der Waals surface area contributed by atoms with Crippen LogP contribution < -0.4 is 4.90 Å². The Labute approximate surface area is 262 Å². The van der Waals surface area contributed by atoms with Gasteiger partial charge in [-0.1, -0.05) is 12.1 Å². The summed E-state index contributed by atoms with van der Waals surface area (Å²) in [6.07, 6.45) is -4.57. The van der Waals surface area contributed by atoms with Gasteiger partial charge < -0.3 is 9.64 Å². The zero-order chi connectivity index (χ0) is 34.2. The van der Waals surface area contributed by atoms with Crippen molar-refractivity contribution in [3.8, 4) is 11.1 Å². The Morgan fingerprint density at radius 1 is 0.935 bits per heavy atom. The average molecular weight is 651 g/mol. The molecule has 1 aromatic heterocycles. The highest BCUT2D eigenvalue weighted by atomic mass is 19.4. The van der Waals surface area contributed by atoms with Gasteiger partial charge in [-0.15, -0.1) is 0 Å². The van der Waals surface area contributed by atoms with Gasteiger partial charge in [0.1, 0.15) is 5.82 Å². The van der Waals surface area contributed by atoms with Gasteiger partial charge in [0.15, 0.2) is 0 Å². The van der Waals surface area contributed by atoms with Gasteiger partial charge >= 0.3 is 18.3 Å². The molecule has 1 aliphatic carbocycles. The van der Waals surface area contributed by atoms with E-state index in [0.717, 1.165) is 10.5 Å². The molecule has 12 heteroatoms.